The molecular formula is C19H24BFN2O2. The maximum absolute atomic E-state index is 13.9. The van der Waals surface area contributed by atoms with Crippen molar-refractivity contribution < 1.29 is 13.7 Å². The van der Waals surface area contributed by atoms with Crippen LogP contribution in [0.15, 0.2) is 42.6 Å². The molecule has 0 aliphatic carbocycles. The highest BCUT2D eigenvalue weighted by atomic mass is 19.1. The predicted molar refractivity (Wildman–Crippen MR) is 98.4 cm³/mol. The van der Waals surface area contributed by atoms with E-state index in [2.05, 4.69) is 10.3 Å². The summed E-state index contributed by atoms with van der Waals surface area (Å²) in [6, 6.07) is 10.3. The van der Waals surface area contributed by atoms with E-state index in [1.807, 2.05) is 52.8 Å². The number of anilines is 1. The molecule has 0 spiro atoms. The summed E-state index contributed by atoms with van der Waals surface area (Å²) in [7, 11) is -0.435. The van der Waals surface area contributed by atoms with Gasteiger partial charge in [-0.15, -0.1) is 0 Å². The second-order valence-corrected chi connectivity index (χ2v) is 7.45. The van der Waals surface area contributed by atoms with Gasteiger partial charge in [-0.1, -0.05) is 24.3 Å². The van der Waals surface area contributed by atoms with Gasteiger partial charge in [0.05, 0.1) is 17.2 Å². The van der Waals surface area contributed by atoms with E-state index in [1.165, 1.54) is 6.07 Å². The van der Waals surface area contributed by atoms with Crippen LogP contribution in [0.3, 0.4) is 0 Å². The Morgan fingerprint density at radius 3 is 2.24 bits per heavy atom. The molecule has 4 nitrogen and oxygen atoms in total. The lowest BCUT2D eigenvalue weighted by Gasteiger charge is -2.32. The summed E-state index contributed by atoms with van der Waals surface area (Å²) in [6.45, 7) is 9.99. The topological polar surface area (TPSA) is 43.4 Å². The molecule has 1 aliphatic heterocycles. The SMILES string of the molecule is C[C@@H](Nc1ccc(B2OC(C)(C)C(C)(C)O2)cn1)c1ccccc1F. The Hall–Kier alpha value is -1.92. The van der Waals surface area contributed by atoms with Crippen LogP contribution < -0.4 is 10.8 Å². The Balaban J connectivity index is 1.70. The van der Waals surface area contributed by atoms with Gasteiger partial charge >= 0.3 is 7.12 Å². The van der Waals surface area contributed by atoms with Gasteiger partial charge in [-0.25, -0.2) is 9.37 Å². The minimum Gasteiger partial charge on any atom is -0.399 e. The van der Waals surface area contributed by atoms with Crippen molar-refractivity contribution in [2.24, 2.45) is 0 Å². The Bertz CT molecular complexity index is 733. The lowest BCUT2D eigenvalue weighted by molar-refractivity contribution is 0.00578. The lowest BCUT2D eigenvalue weighted by Crippen LogP contribution is -2.41. The smallest absolute Gasteiger partial charge is 0.399 e. The number of benzene rings is 1. The summed E-state index contributed by atoms with van der Waals surface area (Å²) >= 11 is 0. The van der Waals surface area contributed by atoms with Crippen molar-refractivity contribution >= 4 is 18.4 Å². The second-order valence-electron chi connectivity index (χ2n) is 7.45. The summed E-state index contributed by atoms with van der Waals surface area (Å²) in [4.78, 5) is 4.42. The van der Waals surface area contributed by atoms with Gasteiger partial charge in [0.25, 0.3) is 0 Å². The van der Waals surface area contributed by atoms with Crippen molar-refractivity contribution in [2.75, 3.05) is 5.32 Å². The number of halogens is 1. The second kappa shape index (κ2) is 6.43. The average molecular weight is 342 g/mol. The van der Waals surface area contributed by atoms with Crippen LogP contribution >= 0.6 is 0 Å². The molecule has 0 bridgehead atoms. The van der Waals surface area contributed by atoms with Crippen molar-refractivity contribution in [3.05, 3.63) is 54.0 Å². The van der Waals surface area contributed by atoms with Crippen LogP contribution in [0.5, 0.6) is 0 Å². The third-order valence-electron chi connectivity index (χ3n) is 5.05. The molecule has 132 valence electrons. The van der Waals surface area contributed by atoms with Crippen LogP contribution in [-0.4, -0.2) is 23.3 Å². The molecule has 3 rings (SSSR count). The highest BCUT2D eigenvalue weighted by Gasteiger charge is 2.51. The standard InChI is InChI=1S/C19H24BFN2O2/c1-13(15-8-6-7-9-16(15)21)23-17-11-10-14(12-22-17)20-24-18(2,3)19(4,5)25-20/h6-13H,1-5H3,(H,22,23)/t13-/m1/s1. The third-order valence-corrected chi connectivity index (χ3v) is 5.05. The molecule has 1 saturated heterocycles. The molecule has 0 amide bonds. The van der Waals surface area contributed by atoms with Gasteiger partial charge in [-0.2, -0.15) is 0 Å². The highest BCUT2D eigenvalue weighted by Crippen LogP contribution is 2.36. The Morgan fingerprint density at radius 2 is 1.68 bits per heavy atom. The molecule has 0 unspecified atom stereocenters. The van der Waals surface area contributed by atoms with Crippen molar-refractivity contribution in [2.45, 2.75) is 51.9 Å². The number of pyridine rings is 1. The van der Waals surface area contributed by atoms with E-state index in [9.17, 15) is 4.39 Å². The fourth-order valence-corrected chi connectivity index (χ4v) is 2.74. The first-order valence-corrected chi connectivity index (χ1v) is 8.52. The normalized spacial score (nSPS) is 19.7. The maximum atomic E-state index is 13.9. The van der Waals surface area contributed by atoms with Gasteiger partial charge in [0.2, 0.25) is 0 Å². The van der Waals surface area contributed by atoms with E-state index < -0.39 is 7.12 Å². The van der Waals surface area contributed by atoms with E-state index >= 15 is 0 Å². The van der Waals surface area contributed by atoms with Crippen LogP contribution in [0.4, 0.5) is 10.2 Å². The largest absolute Gasteiger partial charge is 0.496 e. The van der Waals surface area contributed by atoms with Gasteiger partial charge in [-0.05, 0) is 46.8 Å². The van der Waals surface area contributed by atoms with Crippen molar-refractivity contribution in [3.8, 4) is 0 Å². The number of hydrogen-bond donors (Lipinski definition) is 1. The summed E-state index contributed by atoms with van der Waals surface area (Å²) in [5.41, 5.74) is 0.712. The molecule has 1 aromatic heterocycles. The average Bonchev–Trinajstić information content (AvgIpc) is 2.76. The Kier molecular flexibility index (Phi) is 4.60. The molecule has 1 fully saturated rings. The molecule has 25 heavy (non-hydrogen) atoms. The van der Waals surface area contributed by atoms with E-state index in [1.54, 1.807) is 18.3 Å². The van der Waals surface area contributed by atoms with Crippen molar-refractivity contribution in [1.82, 2.24) is 4.98 Å². The first-order valence-electron chi connectivity index (χ1n) is 8.52. The molecule has 1 aliphatic rings. The first kappa shape index (κ1) is 17.9. The van der Waals surface area contributed by atoms with E-state index in [0.717, 1.165) is 5.46 Å². The number of hydrogen-bond acceptors (Lipinski definition) is 4. The van der Waals surface area contributed by atoms with Crippen LogP contribution in [-0.2, 0) is 9.31 Å². The third kappa shape index (κ3) is 3.55. The number of nitrogens with zero attached hydrogens (tertiary/aromatic N) is 1. The van der Waals surface area contributed by atoms with Gasteiger partial charge in [0.15, 0.2) is 0 Å². The first-order chi connectivity index (χ1) is 11.7. The van der Waals surface area contributed by atoms with E-state index in [0.29, 0.717) is 11.4 Å². The zero-order valence-corrected chi connectivity index (χ0v) is 15.3. The zero-order chi connectivity index (χ0) is 18.2. The van der Waals surface area contributed by atoms with E-state index in [-0.39, 0.29) is 23.1 Å². The van der Waals surface area contributed by atoms with Crippen molar-refractivity contribution in [1.29, 1.82) is 0 Å². The summed E-state index contributed by atoms with van der Waals surface area (Å²) in [5, 5.41) is 3.22. The minimum absolute atomic E-state index is 0.184. The Labute approximate surface area is 148 Å². The lowest BCUT2D eigenvalue weighted by atomic mass is 9.80. The monoisotopic (exact) mass is 342 g/mol. The number of nitrogens with one attached hydrogen (secondary N) is 1. The van der Waals surface area contributed by atoms with Crippen LogP contribution in [0.25, 0.3) is 0 Å². The van der Waals surface area contributed by atoms with Gasteiger partial charge in [0, 0.05) is 17.2 Å². The van der Waals surface area contributed by atoms with Gasteiger partial charge in [-0.3, -0.25) is 0 Å². The Morgan fingerprint density at radius 1 is 1.04 bits per heavy atom. The maximum Gasteiger partial charge on any atom is 0.496 e. The minimum atomic E-state index is -0.435. The number of rotatable bonds is 4. The fourth-order valence-electron chi connectivity index (χ4n) is 2.74. The molecule has 0 radical (unpaired) electrons. The molecule has 2 aromatic rings. The summed E-state index contributed by atoms with van der Waals surface area (Å²) in [5.74, 6) is 0.451. The van der Waals surface area contributed by atoms with Gasteiger partial charge in [0.1, 0.15) is 11.6 Å². The number of aromatic nitrogens is 1. The highest BCUT2D eigenvalue weighted by molar-refractivity contribution is 6.62. The van der Waals surface area contributed by atoms with Crippen LogP contribution in [0, 0.1) is 5.82 Å². The predicted octanol–water partition coefficient (Wildman–Crippen LogP) is 3.69. The quantitative estimate of drug-likeness (QED) is 0.861. The molecule has 2 heterocycles. The molecule has 1 aromatic carbocycles. The van der Waals surface area contributed by atoms with Crippen molar-refractivity contribution in [3.63, 3.8) is 0 Å². The summed E-state index contributed by atoms with van der Waals surface area (Å²) in [6.07, 6.45) is 1.73. The van der Waals surface area contributed by atoms with Crippen LogP contribution in [0.1, 0.15) is 46.2 Å². The van der Waals surface area contributed by atoms with Gasteiger partial charge < -0.3 is 14.6 Å². The molecule has 0 saturated carbocycles. The molecule has 6 heteroatoms. The fraction of sp³-hybridized carbons (Fsp3) is 0.421. The zero-order valence-electron chi connectivity index (χ0n) is 15.3. The molecule has 1 N–H and O–H groups in total. The van der Waals surface area contributed by atoms with E-state index in [4.69, 9.17) is 9.31 Å². The van der Waals surface area contributed by atoms with Crippen LogP contribution in [0.2, 0.25) is 0 Å². The summed E-state index contributed by atoms with van der Waals surface area (Å²) < 4.78 is 25.9. The molecule has 1 atom stereocenters. The molecular weight excluding hydrogens is 318 g/mol.